The van der Waals surface area contributed by atoms with Crippen LogP contribution in [-0.4, -0.2) is 14.8 Å². The number of rotatable bonds is 1. The minimum Gasteiger partial charge on any atom is -0.354 e. The maximum atomic E-state index is 4.73. The Morgan fingerprint density at radius 2 is 1.30 bits per heavy atom. The third-order valence-electron chi connectivity index (χ3n) is 6.20. The fourth-order valence-corrected chi connectivity index (χ4v) is 4.86. The van der Waals surface area contributed by atoms with Gasteiger partial charge in [0.2, 0.25) is 0 Å². The molecule has 0 unspecified atom stereocenters. The van der Waals surface area contributed by atoms with Gasteiger partial charge in [-0.05, 0) is 51.9 Å². The highest BCUT2D eigenvalue weighted by atomic mass is 15.3. The fraction of sp³-hybridized carbons (Fsp3) is 0. The number of benzene rings is 5. The zero-order chi connectivity index (χ0) is 19.7. The van der Waals surface area contributed by atoms with Crippen LogP contribution in [-0.2, 0) is 0 Å². The topological polar surface area (TPSA) is 33.6 Å². The number of nitrogens with zero attached hydrogens (tertiary/aromatic N) is 2. The highest BCUT2D eigenvalue weighted by Gasteiger charge is 2.15. The Morgan fingerprint density at radius 3 is 2.20 bits per heavy atom. The number of para-hydroxylation sites is 1. The van der Waals surface area contributed by atoms with Gasteiger partial charge in [-0.25, -0.2) is 4.68 Å². The summed E-state index contributed by atoms with van der Waals surface area (Å²) in [6.45, 7) is 0. The minimum absolute atomic E-state index is 1.07. The van der Waals surface area contributed by atoms with E-state index in [1.807, 2.05) is 29.1 Å². The molecule has 30 heavy (non-hydrogen) atoms. The monoisotopic (exact) mass is 383 g/mol. The Morgan fingerprint density at radius 1 is 0.567 bits per heavy atom. The van der Waals surface area contributed by atoms with Crippen LogP contribution in [0.1, 0.15) is 0 Å². The van der Waals surface area contributed by atoms with E-state index in [1.54, 1.807) is 0 Å². The first kappa shape index (κ1) is 15.8. The molecule has 0 aliphatic heterocycles. The highest BCUT2D eigenvalue weighted by Crippen LogP contribution is 2.38. The first-order valence-electron chi connectivity index (χ1n) is 10.2. The van der Waals surface area contributed by atoms with E-state index in [0.717, 1.165) is 22.2 Å². The van der Waals surface area contributed by atoms with Gasteiger partial charge in [0.15, 0.2) is 0 Å². The van der Waals surface area contributed by atoms with Gasteiger partial charge in [0, 0.05) is 27.2 Å². The lowest BCUT2D eigenvalue weighted by Gasteiger charge is -2.06. The average molecular weight is 383 g/mol. The van der Waals surface area contributed by atoms with Crippen molar-refractivity contribution >= 4 is 54.3 Å². The SMILES string of the molecule is c1ccc(-n2ncc3c4c(ccc32)[nH]c2ccc3c5ccccc5ccc3c24)cc1. The lowest BCUT2D eigenvalue weighted by molar-refractivity contribution is 0.911. The second-order valence-corrected chi connectivity index (χ2v) is 7.81. The quantitative estimate of drug-likeness (QED) is 0.305. The van der Waals surface area contributed by atoms with Gasteiger partial charge >= 0.3 is 0 Å². The van der Waals surface area contributed by atoms with Gasteiger partial charge in [-0.1, -0.05) is 60.7 Å². The molecular weight excluding hydrogens is 366 g/mol. The Bertz CT molecular complexity index is 1740. The van der Waals surface area contributed by atoms with E-state index in [4.69, 9.17) is 5.10 Å². The molecule has 2 aromatic heterocycles. The van der Waals surface area contributed by atoms with E-state index in [1.165, 1.54) is 37.7 Å². The van der Waals surface area contributed by atoms with Gasteiger partial charge in [0.05, 0.1) is 17.4 Å². The van der Waals surface area contributed by atoms with E-state index >= 15 is 0 Å². The second kappa shape index (κ2) is 5.71. The first-order valence-corrected chi connectivity index (χ1v) is 10.2. The minimum atomic E-state index is 1.07. The molecule has 140 valence electrons. The van der Waals surface area contributed by atoms with Crippen LogP contribution in [0.15, 0.2) is 97.2 Å². The van der Waals surface area contributed by atoms with Crippen molar-refractivity contribution in [3.05, 3.63) is 97.2 Å². The Balaban J connectivity index is 1.66. The molecule has 0 radical (unpaired) electrons. The summed E-state index contributed by atoms with van der Waals surface area (Å²) in [5.74, 6) is 0. The van der Waals surface area contributed by atoms with Crippen LogP contribution in [0.3, 0.4) is 0 Å². The largest absolute Gasteiger partial charge is 0.354 e. The average Bonchev–Trinajstić information content (AvgIpc) is 3.40. The third kappa shape index (κ3) is 2.01. The summed E-state index contributed by atoms with van der Waals surface area (Å²) in [4.78, 5) is 3.62. The molecule has 7 rings (SSSR count). The van der Waals surface area contributed by atoms with E-state index in [0.29, 0.717) is 0 Å². The van der Waals surface area contributed by atoms with E-state index in [9.17, 15) is 0 Å². The number of nitrogens with one attached hydrogen (secondary N) is 1. The maximum Gasteiger partial charge on any atom is 0.0748 e. The predicted molar refractivity (Wildman–Crippen MR) is 125 cm³/mol. The number of fused-ring (bicyclic) bond motifs is 9. The highest BCUT2D eigenvalue weighted by molar-refractivity contribution is 6.29. The van der Waals surface area contributed by atoms with Crippen molar-refractivity contribution in [2.75, 3.05) is 0 Å². The van der Waals surface area contributed by atoms with Crippen LogP contribution in [0, 0.1) is 0 Å². The van der Waals surface area contributed by atoms with Gasteiger partial charge in [-0.3, -0.25) is 0 Å². The number of H-pyrrole nitrogens is 1. The van der Waals surface area contributed by atoms with Crippen molar-refractivity contribution in [3.8, 4) is 5.69 Å². The standard InChI is InChI=1S/C27H17N3/c1-2-7-18(8-3-1)30-25-15-14-24-27(22(25)16-28-30)26-21-11-10-17-6-4-5-9-19(17)20(21)12-13-23(26)29-24/h1-16,29H. The Hall–Kier alpha value is -4.11. The summed E-state index contributed by atoms with van der Waals surface area (Å²) in [6, 6.07) is 32.2. The molecule has 0 amide bonds. The zero-order valence-corrected chi connectivity index (χ0v) is 16.1. The van der Waals surface area contributed by atoms with Crippen molar-refractivity contribution in [2.24, 2.45) is 0 Å². The smallest absolute Gasteiger partial charge is 0.0748 e. The number of hydrogen-bond acceptors (Lipinski definition) is 1. The summed E-state index contributed by atoms with van der Waals surface area (Å²) in [7, 11) is 0. The number of aromatic amines is 1. The molecule has 5 aromatic carbocycles. The Labute approximate surface area is 172 Å². The third-order valence-corrected chi connectivity index (χ3v) is 6.20. The van der Waals surface area contributed by atoms with E-state index in [-0.39, 0.29) is 0 Å². The van der Waals surface area contributed by atoms with Crippen molar-refractivity contribution in [2.45, 2.75) is 0 Å². The lowest BCUT2D eigenvalue weighted by atomic mass is 9.97. The molecule has 0 fully saturated rings. The Kier molecular flexibility index (Phi) is 3.00. The summed E-state index contributed by atoms with van der Waals surface area (Å²) < 4.78 is 2.02. The number of aromatic nitrogens is 3. The summed E-state index contributed by atoms with van der Waals surface area (Å²) in [5.41, 5.74) is 4.49. The molecule has 0 aliphatic carbocycles. The van der Waals surface area contributed by atoms with Crippen molar-refractivity contribution in [1.29, 1.82) is 0 Å². The van der Waals surface area contributed by atoms with Crippen LogP contribution in [0.25, 0.3) is 59.9 Å². The zero-order valence-electron chi connectivity index (χ0n) is 16.1. The molecule has 0 aliphatic rings. The normalized spacial score (nSPS) is 12.0. The molecule has 7 aromatic rings. The van der Waals surface area contributed by atoms with Crippen molar-refractivity contribution in [3.63, 3.8) is 0 Å². The van der Waals surface area contributed by atoms with Crippen LogP contribution in [0.5, 0.6) is 0 Å². The second-order valence-electron chi connectivity index (χ2n) is 7.81. The molecule has 0 saturated heterocycles. The van der Waals surface area contributed by atoms with Gasteiger partial charge < -0.3 is 4.98 Å². The van der Waals surface area contributed by atoms with Gasteiger partial charge in [0.25, 0.3) is 0 Å². The van der Waals surface area contributed by atoms with E-state index in [2.05, 4.69) is 77.8 Å². The van der Waals surface area contributed by atoms with Crippen molar-refractivity contribution < 1.29 is 0 Å². The van der Waals surface area contributed by atoms with Gasteiger partial charge in [-0.2, -0.15) is 5.10 Å². The van der Waals surface area contributed by atoms with E-state index < -0.39 is 0 Å². The number of hydrogen-bond donors (Lipinski definition) is 1. The van der Waals surface area contributed by atoms with Crippen LogP contribution in [0.2, 0.25) is 0 Å². The summed E-state index contributed by atoms with van der Waals surface area (Å²) in [6.07, 6.45) is 2.00. The molecule has 3 nitrogen and oxygen atoms in total. The summed E-state index contributed by atoms with van der Waals surface area (Å²) in [5, 5.41) is 13.5. The molecule has 0 bridgehead atoms. The van der Waals surface area contributed by atoms with Gasteiger partial charge in [-0.15, -0.1) is 0 Å². The van der Waals surface area contributed by atoms with Crippen molar-refractivity contribution in [1.82, 2.24) is 14.8 Å². The molecular formula is C27H17N3. The van der Waals surface area contributed by atoms with Crippen LogP contribution < -0.4 is 0 Å². The maximum absolute atomic E-state index is 4.73. The summed E-state index contributed by atoms with van der Waals surface area (Å²) >= 11 is 0. The molecule has 2 heterocycles. The molecule has 0 saturated carbocycles. The first-order chi connectivity index (χ1) is 14.9. The predicted octanol–water partition coefficient (Wildman–Crippen LogP) is 6.97. The lowest BCUT2D eigenvalue weighted by Crippen LogP contribution is -1.94. The molecule has 1 N–H and O–H groups in total. The van der Waals surface area contributed by atoms with Crippen LogP contribution >= 0.6 is 0 Å². The molecule has 0 atom stereocenters. The molecule has 3 heteroatoms. The van der Waals surface area contributed by atoms with Gasteiger partial charge in [0.1, 0.15) is 0 Å². The molecule has 0 spiro atoms. The fourth-order valence-electron chi connectivity index (χ4n) is 4.86. The van der Waals surface area contributed by atoms with Crippen LogP contribution in [0.4, 0.5) is 0 Å².